The Morgan fingerprint density at radius 1 is 1.26 bits per heavy atom. The third-order valence-corrected chi connectivity index (χ3v) is 4.86. The van der Waals surface area contributed by atoms with Crippen molar-refractivity contribution in [3.05, 3.63) is 60.1 Å². The van der Waals surface area contributed by atoms with E-state index < -0.39 is 23.8 Å². The van der Waals surface area contributed by atoms with Gasteiger partial charge in [0.2, 0.25) is 11.8 Å². The van der Waals surface area contributed by atoms with Crippen LogP contribution in [0.3, 0.4) is 0 Å². The summed E-state index contributed by atoms with van der Waals surface area (Å²) in [7, 11) is 0. The number of nitrogens with one attached hydrogen (secondary N) is 1. The Labute approximate surface area is 157 Å². The van der Waals surface area contributed by atoms with Gasteiger partial charge in [-0.25, -0.2) is 0 Å². The number of hydrogen-bond donors (Lipinski definition) is 2. The Kier molecular flexibility index (Phi) is 5.59. The van der Waals surface area contributed by atoms with Gasteiger partial charge in [0.05, 0.1) is 30.7 Å². The van der Waals surface area contributed by atoms with Crippen molar-refractivity contribution in [3.8, 4) is 0 Å². The van der Waals surface area contributed by atoms with Crippen molar-refractivity contribution in [2.75, 3.05) is 6.54 Å². The van der Waals surface area contributed by atoms with Crippen molar-refractivity contribution < 1.29 is 23.9 Å². The number of benzene rings is 1. The summed E-state index contributed by atoms with van der Waals surface area (Å²) < 4.78 is 5.26. The summed E-state index contributed by atoms with van der Waals surface area (Å²) in [6, 6.07) is 11.9. The molecule has 0 radical (unpaired) electrons. The molecule has 7 heteroatoms. The molecule has 2 N–H and O–H groups in total. The number of hydrogen-bond acceptors (Lipinski definition) is 4. The average molecular weight is 370 g/mol. The van der Waals surface area contributed by atoms with E-state index in [4.69, 9.17) is 4.42 Å². The number of rotatable bonds is 7. The van der Waals surface area contributed by atoms with Crippen LogP contribution in [0.5, 0.6) is 0 Å². The van der Waals surface area contributed by atoms with Gasteiger partial charge in [-0.05, 0) is 24.6 Å². The first-order chi connectivity index (χ1) is 13.0. The molecule has 7 nitrogen and oxygen atoms in total. The van der Waals surface area contributed by atoms with Gasteiger partial charge in [0.15, 0.2) is 0 Å². The maximum Gasteiger partial charge on any atom is 0.308 e. The molecule has 1 aromatic heterocycles. The molecule has 1 fully saturated rings. The average Bonchev–Trinajstić information content (AvgIpc) is 3.30. The van der Waals surface area contributed by atoms with Crippen molar-refractivity contribution in [3.63, 3.8) is 0 Å². The molecule has 142 valence electrons. The van der Waals surface area contributed by atoms with E-state index in [9.17, 15) is 19.5 Å². The smallest absolute Gasteiger partial charge is 0.308 e. The molecular formula is C20H22N2O5. The maximum atomic E-state index is 12.7. The topological polar surface area (TPSA) is 99.8 Å². The van der Waals surface area contributed by atoms with Crippen molar-refractivity contribution in [1.29, 1.82) is 0 Å². The molecule has 2 heterocycles. The molecule has 1 aliphatic rings. The Morgan fingerprint density at radius 2 is 2.00 bits per heavy atom. The summed E-state index contributed by atoms with van der Waals surface area (Å²) in [5.74, 6) is -2.08. The van der Waals surface area contributed by atoms with E-state index in [1.54, 1.807) is 48.2 Å². The predicted molar refractivity (Wildman–Crippen MR) is 96.4 cm³/mol. The Hall–Kier alpha value is -3.09. The first-order valence-electron chi connectivity index (χ1n) is 8.84. The second kappa shape index (κ2) is 8.07. The van der Waals surface area contributed by atoms with Gasteiger partial charge in [0.25, 0.3) is 0 Å². The molecule has 0 aliphatic carbocycles. The van der Waals surface area contributed by atoms with Gasteiger partial charge in [0, 0.05) is 13.0 Å². The molecule has 27 heavy (non-hydrogen) atoms. The van der Waals surface area contributed by atoms with Gasteiger partial charge in [-0.2, -0.15) is 0 Å². The highest BCUT2D eigenvalue weighted by molar-refractivity contribution is 5.89. The van der Waals surface area contributed by atoms with Crippen molar-refractivity contribution in [2.24, 2.45) is 11.8 Å². The third-order valence-electron chi connectivity index (χ3n) is 4.86. The van der Waals surface area contributed by atoms with E-state index in [1.165, 1.54) is 6.26 Å². The fourth-order valence-corrected chi connectivity index (χ4v) is 3.26. The van der Waals surface area contributed by atoms with Crippen LogP contribution in [0.15, 0.2) is 53.1 Å². The monoisotopic (exact) mass is 370 g/mol. The van der Waals surface area contributed by atoms with Gasteiger partial charge in [0.1, 0.15) is 5.76 Å². The Bertz CT molecular complexity index is 803. The van der Waals surface area contributed by atoms with Crippen LogP contribution in [-0.2, 0) is 20.9 Å². The fraction of sp³-hybridized carbons (Fsp3) is 0.350. The lowest BCUT2D eigenvalue weighted by atomic mass is 9.93. The molecule has 0 saturated carbocycles. The van der Waals surface area contributed by atoms with E-state index in [-0.39, 0.29) is 24.8 Å². The molecule has 1 aromatic carbocycles. The molecular weight excluding hydrogens is 348 g/mol. The number of carboxylic acids is 1. The zero-order chi connectivity index (χ0) is 19.4. The summed E-state index contributed by atoms with van der Waals surface area (Å²) in [4.78, 5) is 38.0. The van der Waals surface area contributed by atoms with E-state index in [0.717, 1.165) is 5.56 Å². The van der Waals surface area contributed by atoms with Crippen LogP contribution in [0.4, 0.5) is 0 Å². The van der Waals surface area contributed by atoms with Crippen LogP contribution in [0.25, 0.3) is 0 Å². The first-order valence-corrected chi connectivity index (χ1v) is 8.84. The van der Waals surface area contributed by atoms with Gasteiger partial charge in [-0.3, -0.25) is 14.4 Å². The molecule has 3 atom stereocenters. The Morgan fingerprint density at radius 3 is 2.63 bits per heavy atom. The van der Waals surface area contributed by atoms with Crippen LogP contribution in [-0.4, -0.2) is 34.3 Å². The van der Waals surface area contributed by atoms with Gasteiger partial charge in [-0.1, -0.05) is 30.3 Å². The fourth-order valence-electron chi connectivity index (χ4n) is 3.26. The minimum Gasteiger partial charge on any atom is -0.481 e. The lowest BCUT2D eigenvalue weighted by Gasteiger charge is -2.24. The number of nitrogens with zero attached hydrogens (tertiary/aromatic N) is 1. The quantitative estimate of drug-likeness (QED) is 0.778. The number of furan rings is 1. The Balaban J connectivity index is 1.68. The van der Waals surface area contributed by atoms with Crippen LogP contribution in [0.1, 0.15) is 30.7 Å². The minimum atomic E-state index is -0.994. The zero-order valence-corrected chi connectivity index (χ0v) is 15.0. The lowest BCUT2D eigenvalue weighted by Crippen LogP contribution is -2.39. The molecule has 2 aromatic rings. The molecule has 3 rings (SSSR count). The summed E-state index contributed by atoms with van der Waals surface area (Å²) >= 11 is 0. The summed E-state index contributed by atoms with van der Waals surface area (Å²) in [5, 5.41) is 12.2. The molecule has 1 aliphatic heterocycles. The predicted octanol–water partition coefficient (Wildman–Crippen LogP) is 2.21. The summed E-state index contributed by atoms with van der Waals surface area (Å²) in [6.07, 6.45) is 1.65. The van der Waals surface area contributed by atoms with Gasteiger partial charge >= 0.3 is 5.97 Å². The highest BCUT2D eigenvalue weighted by Crippen LogP contribution is 2.25. The highest BCUT2D eigenvalue weighted by atomic mass is 16.4. The second-order valence-electron chi connectivity index (χ2n) is 6.78. The molecule has 0 bridgehead atoms. The van der Waals surface area contributed by atoms with Crippen LogP contribution >= 0.6 is 0 Å². The van der Waals surface area contributed by atoms with Crippen LogP contribution in [0, 0.1) is 11.8 Å². The van der Waals surface area contributed by atoms with E-state index >= 15 is 0 Å². The normalized spacial score (nSPS) is 18.9. The van der Waals surface area contributed by atoms with Gasteiger partial charge in [-0.15, -0.1) is 0 Å². The first kappa shape index (κ1) is 18.7. The molecule has 0 spiro atoms. The van der Waals surface area contributed by atoms with Crippen molar-refractivity contribution in [1.82, 2.24) is 10.2 Å². The minimum absolute atomic E-state index is 0.107. The van der Waals surface area contributed by atoms with Crippen molar-refractivity contribution in [2.45, 2.75) is 25.9 Å². The number of likely N-dealkylation sites (tertiary alicyclic amines) is 1. The maximum absolute atomic E-state index is 12.7. The number of carboxylic acid groups (broad SMARTS) is 1. The number of carbonyl (C=O) groups is 3. The van der Waals surface area contributed by atoms with Crippen molar-refractivity contribution >= 4 is 17.8 Å². The standard InChI is InChI=1S/C20H22N2O5/c1-13(20(25)26)18(14-6-3-2-4-7-14)21-19(24)15-10-17(23)22(11-15)12-16-8-5-9-27-16/h2-9,13,15,18H,10-12H2,1H3,(H,21,24)(H,25,26). The highest BCUT2D eigenvalue weighted by Gasteiger charge is 2.37. The largest absolute Gasteiger partial charge is 0.481 e. The third kappa shape index (κ3) is 4.36. The van der Waals surface area contributed by atoms with Crippen LogP contribution < -0.4 is 5.32 Å². The SMILES string of the molecule is CC(C(=O)O)C(NC(=O)C1CC(=O)N(Cc2ccco2)C1)c1ccccc1. The lowest BCUT2D eigenvalue weighted by molar-refractivity contribution is -0.142. The zero-order valence-electron chi connectivity index (χ0n) is 15.0. The number of amides is 2. The van der Waals surface area contributed by atoms with Gasteiger partial charge < -0.3 is 19.7 Å². The van der Waals surface area contributed by atoms with E-state index in [0.29, 0.717) is 12.3 Å². The van der Waals surface area contributed by atoms with E-state index in [1.807, 2.05) is 6.07 Å². The van der Waals surface area contributed by atoms with Crippen LogP contribution in [0.2, 0.25) is 0 Å². The number of aliphatic carboxylic acids is 1. The molecule has 1 saturated heterocycles. The second-order valence-corrected chi connectivity index (χ2v) is 6.78. The molecule has 3 unspecified atom stereocenters. The summed E-state index contributed by atoms with van der Waals surface area (Å²) in [5.41, 5.74) is 0.720. The molecule has 2 amide bonds. The number of carbonyl (C=O) groups excluding carboxylic acids is 2. The summed E-state index contributed by atoms with van der Waals surface area (Å²) in [6.45, 7) is 2.17. The van der Waals surface area contributed by atoms with E-state index in [2.05, 4.69) is 5.32 Å².